The molecule has 3 N–H and O–H groups in total. The summed E-state index contributed by atoms with van der Waals surface area (Å²) in [7, 11) is 1.93. The number of anilines is 2. The molecule has 36 heavy (non-hydrogen) atoms. The van der Waals surface area contributed by atoms with Crippen molar-refractivity contribution in [1.29, 1.82) is 0 Å². The third-order valence-electron chi connectivity index (χ3n) is 6.55. The topological polar surface area (TPSA) is 80.5 Å². The lowest BCUT2D eigenvalue weighted by atomic mass is 9.98. The summed E-state index contributed by atoms with van der Waals surface area (Å²) in [6.07, 6.45) is -2.13. The van der Waals surface area contributed by atoms with Gasteiger partial charge in [-0.2, -0.15) is 13.2 Å². The zero-order valence-corrected chi connectivity index (χ0v) is 19.7. The van der Waals surface area contributed by atoms with Crippen LogP contribution >= 0.6 is 0 Å². The fourth-order valence-electron chi connectivity index (χ4n) is 4.41. The largest absolute Gasteiger partial charge is 0.417 e. The number of rotatable bonds is 4. The lowest BCUT2D eigenvalue weighted by Gasteiger charge is -2.39. The number of benzene rings is 1. The monoisotopic (exact) mass is 511 g/mol. The van der Waals surface area contributed by atoms with Gasteiger partial charge in [-0.05, 0) is 38.6 Å². The minimum absolute atomic E-state index is 0.0469. The first kappa shape index (κ1) is 25.8. The molecular weight excluding hydrogens is 485 g/mol. The number of likely N-dealkylation sites (N-methyl/N-ethyl adjacent to an activating group) is 1. The Morgan fingerprint density at radius 2 is 1.92 bits per heavy atom. The molecule has 2 aliphatic heterocycles. The number of H-pyrrole nitrogens is 1. The van der Waals surface area contributed by atoms with Gasteiger partial charge in [0.1, 0.15) is 0 Å². The molecule has 1 atom stereocenters. The van der Waals surface area contributed by atoms with Gasteiger partial charge >= 0.3 is 6.18 Å². The first-order valence-corrected chi connectivity index (χ1v) is 11.5. The van der Waals surface area contributed by atoms with Crippen LogP contribution in [0.25, 0.3) is 5.57 Å². The number of nitrogens with zero attached hydrogens (tertiary/aromatic N) is 2. The molecule has 3 heterocycles. The lowest BCUT2D eigenvalue weighted by molar-refractivity contribution is -0.138. The van der Waals surface area contributed by atoms with Crippen molar-refractivity contribution < 1.29 is 26.7 Å². The number of alkyl halides is 3. The fraction of sp³-hybridized carbons (Fsp3) is 0.417. The molecule has 2 aromatic rings. The second-order valence-corrected chi connectivity index (χ2v) is 8.99. The predicted molar refractivity (Wildman–Crippen MR) is 126 cm³/mol. The van der Waals surface area contributed by atoms with E-state index in [0.29, 0.717) is 44.4 Å². The first-order valence-electron chi connectivity index (χ1n) is 11.5. The SMILES string of the molecule is CC1CN(c2cc(NC(=O)c3c[nH]c(=O)cc3C(F)(F)F)c(F)c(C3=CCCNC3)c2F)CCN1C. The van der Waals surface area contributed by atoms with Crippen LogP contribution in [0.5, 0.6) is 0 Å². The van der Waals surface area contributed by atoms with Gasteiger partial charge in [-0.15, -0.1) is 0 Å². The van der Waals surface area contributed by atoms with Gasteiger partial charge in [0, 0.05) is 44.5 Å². The van der Waals surface area contributed by atoms with E-state index in [0.717, 1.165) is 6.07 Å². The number of aromatic nitrogens is 1. The van der Waals surface area contributed by atoms with Gasteiger partial charge in [-0.25, -0.2) is 8.78 Å². The van der Waals surface area contributed by atoms with Crippen LogP contribution < -0.4 is 21.1 Å². The molecule has 1 unspecified atom stereocenters. The van der Waals surface area contributed by atoms with Crippen LogP contribution in [0, 0.1) is 11.6 Å². The normalized spacial score (nSPS) is 19.2. The van der Waals surface area contributed by atoms with Gasteiger partial charge in [0.25, 0.3) is 5.91 Å². The number of pyridine rings is 1. The molecule has 0 radical (unpaired) electrons. The molecule has 1 fully saturated rings. The summed E-state index contributed by atoms with van der Waals surface area (Å²) in [5.74, 6) is -3.17. The highest BCUT2D eigenvalue weighted by Crippen LogP contribution is 2.37. The average molecular weight is 511 g/mol. The number of amides is 1. The molecule has 0 saturated carbocycles. The summed E-state index contributed by atoms with van der Waals surface area (Å²) in [6, 6.07) is 1.44. The van der Waals surface area contributed by atoms with Gasteiger partial charge in [0.15, 0.2) is 11.6 Å². The molecule has 4 rings (SSSR count). The van der Waals surface area contributed by atoms with Crippen LogP contribution in [-0.2, 0) is 6.18 Å². The number of carbonyl (C=O) groups is 1. The minimum atomic E-state index is -4.99. The van der Waals surface area contributed by atoms with E-state index in [1.807, 2.05) is 19.0 Å². The Morgan fingerprint density at radius 3 is 2.56 bits per heavy atom. The van der Waals surface area contributed by atoms with Crippen LogP contribution in [0.15, 0.2) is 29.2 Å². The van der Waals surface area contributed by atoms with Crippen LogP contribution in [0.2, 0.25) is 0 Å². The molecular formula is C24H26F5N5O2. The van der Waals surface area contributed by atoms with E-state index >= 15 is 8.78 Å². The van der Waals surface area contributed by atoms with E-state index in [9.17, 15) is 22.8 Å². The van der Waals surface area contributed by atoms with Crippen LogP contribution in [0.4, 0.5) is 33.3 Å². The van der Waals surface area contributed by atoms with Gasteiger partial charge in [-0.1, -0.05) is 6.08 Å². The molecule has 0 spiro atoms. The highest BCUT2D eigenvalue weighted by molar-refractivity contribution is 6.05. The van der Waals surface area contributed by atoms with E-state index in [2.05, 4.69) is 15.5 Å². The fourth-order valence-corrected chi connectivity index (χ4v) is 4.41. The maximum atomic E-state index is 15.8. The van der Waals surface area contributed by atoms with Crippen molar-refractivity contribution in [3.63, 3.8) is 0 Å². The number of hydrogen-bond donors (Lipinski definition) is 3. The molecule has 2 aliphatic rings. The number of hydrogen-bond acceptors (Lipinski definition) is 5. The Morgan fingerprint density at radius 1 is 1.17 bits per heavy atom. The van der Waals surface area contributed by atoms with E-state index in [4.69, 9.17) is 0 Å². The molecule has 1 saturated heterocycles. The summed E-state index contributed by atoms with van der Waals surface area (Å²) in [5.41, 5.74) is -3.78. The predicted octanol–water partition coefficient (Wildman–Crippen LogP) is 3.44. The third kappa shape index (κ3) is 5.14. The number of nitrogens with one attached hydrogen (secondary N) is 3. The Labute approximate surface area is 204 Å². The maximum absolute atomic E-state index is 15.8. The summed E-state index contributed by atoms with van der Waals surface area (Å²) in [6.45, 7) is 4.28. The van der Waals surface area contributed by atoms with E-state index in [1.54, 1.807) is 11.0 Å². The zero-order valence-electron chi connectivity index (χ0n) is 19.7. The molecule has 1 aromatic carbocycles. The number of aromatic amines is 1. The third-order valence-corrected chi connectivity index (χ3v) is 6.55. The van der Waals surface area contributed by atoms with Crippen molar-refractivity contribution >= 4 is 22.9 Å². The highest BCUT2D eigenvalue weighted by Gasteiger charge is 2.36. The van der Waals surface area contributed by atoms with Gasteiger partial charge in [0.2, 0.25) is 5.56 Å². The lowest BCUT2D eigenvalue weighted by Crippen LogP contribution is -2.50. The van der Waals surface area contributed by atoms with Crippen molar-refractivity contribution in [2.45, 2.75) is 25.6 Å². The van der Waals surface area contributed by atoms with Crippen LogP contribution in [0.3, 0.4) is 0 Å². The smallest absolute Gasteiger partial charge is 0.366 e. The molecule has 1 aromatic heterocycles. The highest BCUT2D eigenvalue weighted by atomic mass is 19.4. The van der Waals surface area contributed by atoms with Crippen molar-refractivity contribution in [2.24, 2.45) is 0 Å². The van der Waals surface area contributed by atoms with Gasteiger partial charge < -0.3 is 25.4 Å². The van der Waals surface area contributed by atoms with E-state index in [-0.39, 0.29) is 29.9 Å². The summed E-state index contributed by atoms with van der Waals surface area (Å²) >= 11 is 0. The number of halogens is 5. The Bertz CT molecular complexity index is 1260. The van der Waals surface area contributed by atoms with Crippen molar-refractivity contribution in [3.8, 4) is 0 Å². The van der Waals surface area contributed by atoms with E-state index < -0.39 is 46.1 Å². The van der Waals surface area contributed by atoms with Crippen molar-refractivity contribution in [3.05, 3.63) is 63.1 Å². The molecule has 7 nitrogen and oxygen atoms in total. The average Bonchev–Trinajstić information content (AvgIpc) is 2.83. The number of piperazine rings is 1. The summed E-state index contributed by atoms with van der Waals surface area (Å²) < 4.78 is 71.8. The summed E-state index contributed by atoms with van der Waals surface area (Å²) in [5, 5.41) is 5.22. The first-order chi connectivity index (χ1) is 17.0. The molecule has 1 amide bonds. The van der Waals surface area contributed by atoms with Crippen LogP contribution in [0.1, 0.15) is 34.8 Å². The summed E-state index contributed by atoms with van der Waals surface area (Å²) in [4.78, 5) is 30.2. The van der Waals surface area contributed by atoms with Gasteiger partial charge in [0.05, 0.1) is 28.1 Å². The minimum Gasteiger partial charge on any atom is -0.366 e. The standard InChI is InChI=1S/C24H26F5N5O2/c1-13-12-34(7-6-33(13)2)18-9-17(21(25)20(22(18)26)14-4-3-5-30-10-14)32-23(36)15-11-31-19(35)8-16(15)24(27,28)29/h4,8-9,11,13,30H,3,5-7,10,12H2,1-2H3,(H,31,35)(H,32,36). The molecule has 0 bridgehead atoms. The maximum Gasteiger partial charge on any atom is 0.417 e. The molecule has 12 heteroatoms. The van der Waals surface area contributed by atoms with E-state index in [1.165, 1.54) is 0 Å². The molecule has 0 aliphatic carbocycles. The van der Waals surface area contributed by atoms with Crippen molar-refractivity contribution in [1.82, 2.24) is 15.2 Å². The molecule has 194 valence electrons. The zero-order chi connectivity index (χ0) is 26.2. The quantitative estimate of drug-likeness (QED) is 0.549. The Hall–Kier alpha value is -3.25. The van der Waals surface area contributed by atoms with Gasteiger partial charge in [-0.3, -0.25) is 9.59 Å². The Balaban J connectivity index is 1.80. The second-order valence-electron chi connectivity index (χ2n) is 8.99. The Kier molecular flexibility index (Phi) is 7.19. The van der Waals surface area contributed by atoms with Crippen LogP contribution in [-0.4, -0.2) is 61.6 Å². The second kappa shape index (κ2) is 10.0. The van der Waals surface area contributed by atoms with Crippen molar-refractivity contribution in [2.75, 3.05) is 50.0 Å². The number of carbonyl (C=O) groups excluding carboxylic acids is 1.